The van der Waals surface area contributed by atoms with Crippen molar-refractivity contribution in [1.82, 2.24) is 10.2 Å². The van der Waals surface area contributed by atoms with Gasteiger partial charge in [0.25, 0.3) is 0 Å². The Bertz CT molecular complexity index is 682. The summed E-state index contributed by atoms with van der Waals surface area (Å²) < 4.78 is 10.7. The van der Waals surface area contributed by atoms with E-state index in [2.05, 4.69) is 17.4 Å². The minimum Gasteiger partial charge on any atom is -0.497 e. The molecule has 5 heteroatoms. The highest BCUT2D eigenvalue weighted by atomic mass is 16.5. The van der Waals surface area contributed by atoms with E-state index < -0.39 is 0 Å². The molecule has 5 nitrogen and oxygen atoms in total. The van der Waals surface area contributed by atoms with E-state index in [1.807, 2.05) is 47.4 Å². The number of hydrogen-bond donors (Lipinski definition) is 1. The molecule has 2 aromatic carbocycles. The number of morpholine rings is 1. The third kappa shape index (κ3) is 5.31. The molecule has 2 aromatic rings. The Hall–Kier alpha value is -2.37. The molecule has 1 unspecified atom stereocenters. The Balaban J connectivity index is 1.70. The molecule has 1 fully saturated rings. The Morgan fingerprint density at radius 2 is 1.81 bits per heavy atom. The van der Waals surface area contributed by atoms with Gasteiger partial charge < -0.3 is 19.7 Å². The highest BCUT2D eigenvalue weighted by Crippen LogP contribution is 2.16. The van der Waals surface area contributed by atoms with Gasteiger partial charge in [-0.3, -0.25) is 4.79 Å². The average molecular weight is 354 g/mol. The molecule has 0 spiro atoms. The first-order valence-corrected chi connectivity index (χ1v) is 9.00. The Morgan fingerprint density at radius 3 is 2.42 bits per heavy atom. The summed E-state index contributed by atoms with van der Waals surface area (Å²) in [7, 11) is 1.65. The molecule has 1 atom stereocenters. The fourth-order valence-electron chi connectivity index (χ4n) is 3.08. The fraction of sp³-hybridized carbons (Fsp3) is 0.381. The quantitative estimate of drug-likeness (QED) is 0.830. The zero-order valence-corrected chi connectivity index (χ0v) is 15.2. The first kappa shape index (κ1) is 18.4. The van der Waals surface area contributed by atoms with Crippen LogP contribution in [0.5, 0.6) is 5.75 Å². The highest BCUT2D eigenvalue weighted by molar-refractivity contribution is 5.77. The van der Waals surface area contributed by atoms with Crippen molar-refractivity contribution in [3.63, 3.8) is 0 Å². The standard InChI is InChI=1S/C21H26N2O3/c1-25-20-9-7-18(8-10-20)15-23(14-17-5-3-2-4-6-17)21(24)13-19-16-26-12-11-22-19/h2-10,19,22H,11-16H2,1H3. The molecular formula is C21H26N2O3. The molecule has 1 amide bonds. The van der Waals surface area contributed by atoms with Crippen LogP contribution >= 0.6 is 0 Å². The molecule has 1 aliphatic rings. The second kappa shape index (κ2) is 9.36. The van der Waals surface area contributed by atoms with Crippen molar-refractivity contribution in [2.24, 2.45) is 0 Å². The number of amides is 1. The molecule has 3 rings (SSSR count). The lowest BCUT2D eigenvalue weighted by Crippen LogP contribution is -2.44. The Kier molecular flexibility index (Phi) is 6.63. The van der Waals surface area contributed by atoms with Gasteiger partial charge in [0.1, 0.15) is 5.75 Å². The summed E-state index contributed by atoms with van der Waals surface area (Å²) in [6.45, 7) is 3.28. The van der Waals surface area contributed by atoms with Gasteiger partial charge in [-0.25, -0.2) is 0 Å². The maximum Gasteiger partial charge on any atom is 0.224 e. The number of rotatable bonds is 7. The molecule has 1 N–H and O–H groups in total. The maximum absolute atomic E-state index is 12.9. The van der Waals surface area contributed by atoms with Crippen LogP contribution in [-0.4, -0.2) is 43.7 Å². The number of benzene rings is 2. The molecule has 1 saturated heterocycles. The van der Waals surface area contributed by atoms with E-state index >= 15 is 0 Å². The van der Waals surface area contributed by atoms with Crippen molar-refractivity contribution in [1.29, 1.82) is 0 Å². The zero-order valence-electron chi connectivity index (χ0n) is 15.2. The molecular weight excluding hydrogens is 328 g/mol. The van der Waals surface area contributed by atoms with Crippen LogP contribution in [0.4, 0.5) is 0 Å². The fourth-order valence-corrected chi connectivity index (χ4v) is 3.08. The summed E-state index contributed by atoms with van der Waals surface area (Å²) in [6, 6.07) is 18.1. The lowest BCUT2D eigenvalue weighted by molar-refractivity contribution is -0.133. The van der Waals surface area contributed by atoms with Crippen molar-refractivity contribution >= 4 is 5.91 Å². The minimum absolute atomic E-state index is 0.0883. The van der Waals surface area contributed by atoms with Crippen LogP contribution in [0, 0.1) is 0 Å². The van der Waals surface area contributed by atoms with Crippen LogP contribution in [-0.2, 0) is 22.6 Å². The van der Waals surface area contributed by atoms with Crippen molar-refractivity contribution in [3.05, 3.63) is 65.7 Å². The van der Waals surface area contributed by atoms with Gasteiger partial charge in [-0.1, -0.05) is 42.5 Å². The first-order valence-electron chi connectivity index (χ1n) is 9.00. The highest BCUT2D eigenvalue weighted by Gasteiger charge is 2.21. The molecule has 138 valence electrons. The molecule has 1 aliphatic heterocycles. The molecule has 0 aliphatic carbocycles. The van der Waals surface area contributed by atoms with Crippen LogP contribution in [0.3, 0.4) is 0 Å². The SMILES string of the molecule is COc1ccc(CN(Cc2ccccc2)C(=O)CC2COCCN2)cc1. The number of nitrogens with one attached hydrogen (secondary N) is 1. The van der Waals surface area contributed by atoms with Gasteiger partial charge in [0.15, 0.2) is 0 Å². The lowest BCUT2D eigenvalue weighted by Gasteiger charge is -2.28. The summed E-state index contributed by atoms with van der Waals surface area (Å²) in [4.78, 5) is 14.9. The first-order chi connectivity index (χ1) is 12.7. The number of carbonyl (C=O) groups excluding carboxylic acids is 1. The number of nitrogens with zero attached hydrogens (tertiary/aromatic N) is 1. The maximum atomic E-state index is 12.9. The summed E-state index contributed by atoms with van der Waals surface area (Å²) in [5.41, 5.74) is 2.21. The summed E-state index contributed by atoms with van der Waals surface area (Å²) >= 11 is 0. The van der Waals surface area contributed by atoms with Crippen molar-refractivity contribution in [3.8, 4) is 5.75 Å². The predicted octanol–water partition coefficient (Wildman–Crippen LogP) is 2.60. The van der Waals surface area contributed by atoms with E-state index in [0.29, 0.717) is 32.7 Å². The molecule has 26 heavy (non-hydrogen) atoms. The van der Waals surface area contributed by atoms with Crippen LogP contribution < -0.4 is 10.1 Å². The van der Waals surface area contributed by atoms with Gasteiger partial charge in [-0.05, 0) is 23.3 Å². The van der Waals surface area contributed by atoms with Crippen molar-refractivity contribution in [2.45, 2.75) is 25.6 Å². The molecule has 0 aromatic heterocycles. The van der Waals surface area contributed by atoms with Crippen LogP contribution in [0.1, 0.15) is 17.5 Å². The third-order valence-corrected chi connectivity index (χ3v) is 4.52. The largest absolute Gasteiger partial charge is 0.497 e. The van der Waals surface area contributed by atoms with E-state index in [1.165, 1.54) is 0 Å². The monoisotopic (exact) mass is 354 g/mol. The van der Waals surface area contributed by atoms with Crippen molar-refractivity contribution < 1.29 is 14.3 Å². The summed E-state index contributed by atoms with van der Waals surface area (Å²) in [6.07, 6.45) is 0.447. The lowest BCUT2D eigenvalue weighted by atomic mass is 10.1. The predicted molar refractivity (Wildman–Crippen MR) is 101 cm³/mol. The normalized spacial score (nSPS) is 16.9. The molecule has 0 saturated carbocycles. The smallest absolute Gasteiger partial charge is 0.224 e. The number of methoxy groups -OCH3 is 1. The average Bonchev–Trinajstić information content (AvgIpc) is 2.69. The summed E-state index contributed by atoms with van der Waals surface area (Å²) in [5.74, 6) is 0.950. The topological polar surface area (TPSA) is 50.8 Å². The van der Waals surface area contributed by atoms with E-state index in [-0.39, 0.29) is 11.9 Å². The molecule has 0 bridgehead atoms. The molecule has 0 radical (unpaired) electrons. The van der Waals surface area contributed by atoms with E-state index in [4.69, 9.17) is 9.47 Å². The zero-order chi connectivity index (χ0) is 18.2. The van der Waals surface area contributed by atoms with E-state index in [0.717, 1.165) is 23.4 Å². The Labute approximate surface area is 154 Å². The van der Waals surface area contributed by atoms with Crippen molar-refractivity contribution in [2.75, 3.05) is 26.9 Å². The number of carbonyl (C=O) groups is 1. The van der Waals surface area contributed by atoms with E-state index in [1.54, 1.807) is 7.11 Å². The number of hydrogen-bond acceptors (Lipinski definition) is 4. The van der Waals surface area contributed by atoms with Gasteiger partial charge >= 0.3 is 0 Å². The van der Waals surface area contributed by atoms with Gasteiger partial charge in [-0.2, -0.15) is 0 Å². The van der Waals surface area contributed by atoms with Gasteiger partial charge in [0, 0.05) is 32.1 Å². The van der Waals surface area contributed by atoms with Crippen LogP contribution in [0.15, 0.2) is 54.6 Å². The summed E-state index contributed by atoms with van der Waals surface area (Å²) in [5, 5.41) is 3.36. The second-order valence-corrected chi connectivity index (χ2v) is 6.51. The van der Waals surface area contributed by atoms with Gasteiger partial charge in [0.2, 0.25) is 5.91 Å². The second-order valence-electron chi connectivity index (χ2n) is 6.51. The van der Waals surface area contributed by atoms with Crippen LogP contribution in [0.25, 0.3) is 0 Å². The van der Waals surface area contributed by atoms with Gasteiger partial charge in [-0.15, -0.1) is 0 Å². The van der Waals surface area contributed by atoms with Gasteiger partial charge in [0.05, 0.1) is 20.3 Å². The van der Waals surface area contributed by atoms with E-state index in [9.17, 15) is 4.79 Å². The molecule has 1 heterocycles. The Morgan fingerprint density at radius 1 is 1.12 bits per heavy atom. The third-order valence-electron chi connectivity index (χ3n) is 4.52. The van der Waals surface area contributed by atoms with Crippen LogP contribution in [0.2, 0.25) is 0 Å². The minimum atomic E-state index is 0.0883. The number of ether oxygens (including phenoxy) is 2.